The van der Waals surface area contributed by atoms with Gasteiger partial charge in [-0.15, -0.1) is 0 Å². The minimum absolute atomic E-state index is 0.235. The number of rotatable bonds is 4. The van der Waals surface area contributed by atoms with Gasteiger partial charge in [-0.2, -0.15) is 17.5 Å². The van der Waals surface area contributed by atoms with Gasteiger partial charge in [0.2, 0.25) is 5.13 Å². The maximum atomic E-state index is 12.6. The van der Waals surface area contributed by atoms with Crippen LogP contribution in [0.5, 0.6) is 0 Å². The van der Waals surface area contributed by atoms with Gasteiger partial charge in [0.15, 0.2) is 5.69 Å². The van der Waals surface area contributed by atoms with Crippen molar-refractivity contribution in [3.05, 3.63) is 34.3 Å². The van der Waals surface area contributed by atoms with Crippen LogP contribution in [-0.2, 0) is 12.7 Å². The number of halogens is 3. The van der Waals surface area contributed by atoms with E-state index in [1.165, 1.54) is 28.9 Å². The zero-order chi connectivity index (χ0) is 18.3. The summed E-state index contributed by atoms with van der Waals surface area (Å²) >= 11 is 1.43. The SMILES string of the molecule is O=c1cc(C(F)(F)F)ncn1CC1CCN(c2nc(C3CC3)ns2)CC1. The van der Waals surface area contributed by atoms with Gasteiger partial charge in [-0.05, 0) is 31.6 Å². The maximum Gasteiger partial charge on any atom is 0.433 e. The predicted molar refractivity (Wildman–Crippen MR) is 90.3 cm³/mol. The van der Waals surface area contributed by atoms with E-state index in [-0.39, 0.29) is 5.92 Å². The molecule has 1 aliphatic carbocycles. The predicted octanol–water partition coefficient (Wildman–Crippen LogP) is 2.91. The number of aromatic nitrogens is 4. The monoisotopic (exact) mass is 385 g/mol. The molecule has 1 saturated carbocycles. The number of alkyl halides is 3. The van der Waals surface area contributed by atoms with Crippen molar-refractivity contribution in [2.24, 2.45) is 5.92 Å². The first kappa shape index (κ1) is 17.4. The summed E-state index contributed by atoms with van der Waals surface area (Å²) in [6.45, 7) is 2.01. The fourth-order valence-corrected chi connectivity index (χ4v) is 3.96. The Morgan fingerprint density at radius 2 is 1.92 bits per heavy atom. The number of anilines is 1. The second-order valence-electron chi connectivity index (χ2n) is 6.90. The molecule has 0 amide bonds. The van der Waals surface area contributed by atoms with Crippen LogP contribution in [0, 0.1) is 5.92 Å². The van der Waals surface area contributed by atoms with Crippen LogP contribution >= 0.6 is 11.5 Å². The number of piperidine rings is 1. The van der Waals surface area contributed by atoms with Gasteiger partial charge >= 0.3 is 6.18 Å². The van der Waals surface area contributed by atoms with Crippen molar-refractivity contribution < 1.29 is 13.2 Å². The summed E-state index contributed by atoms with van der Waals surface area (Å²) in [5.41, 5.74) is -1.80. The molecule has 0 bridgehead atoms. The van der Waals surface area contributed by atoms with Crippen LogP contribution in [-0.4, -0.2) is 32.0 Å². The average molecular weight is 385 g/mol. The Hall–Kier alpha value is -1.97. The lowest BCUT2D eigenvalue weighted by Gasteiger charge is -2.31. The van der Waals surface area contributed by atoms with E-state index in [2.05, 4.69) is 19.2 Å². The smallest absolute Gasteiger partial charge is 0.347 e. The van der Waals surface area contributed by atoms with E-state index in [0.717, 1.165) is 43.2 Å². The van der Waals surface area contributed by atoms with Gasteiger partial charge in [-0.1, -0.05) is 0 Å². The lowest BCUT2D eigenvalue weighted by molar-refractivity contribution is -0.141. The third-order valence-electron chi connectivity index (χ3n) is 4.88. The molecule has 2 aromatic rings. The molecule has 0 atom stereocenters. The Kier molecular flexibility index (Phi) is 4.45. The van der Waals surface area contributed by atoms with E-state index in [9.17, 15) is 18.0 Å². The maximum absolute atomic E-state index is 12.6. The first-order valence-corrected chi connectivity index (χ1v) is 9.40. The molecule has 0 unspecified atom stereocenters. The van der Waals surface area contributed by atoms with Crippen molar-refractivity contribution >= 4 is 16.7 Å². The molecule has 6 nitrogen and oxygen atoms in total. The number of nitrogens with zero attached hydrogens (tertiary/aromatic N) is 5. The lowest BCUT2D eigenvalue weighted by atomic mass is 9.97. The zero-order valence-corrected chi connectivity index (χ0v) is 14.8. The second-order valence-corrected chi connectivity index (χ2v) is 7.63. The lowest BCUT2D eigenvalue weighted by Crippen LogP contribution is -2.36. The Labute approximate surface area is 151 Å². The topological polar surface area (TPSA) is 63.9 Å². The van der Waals surface area contributed by atoms with Gasteiger partial charge in [0.1, 0.15) is 5.82 Å². The molecule has 0 radical (unpaired) electrons. The normalized spacial score (nSPS) is 19.1. The molecular weight excluding hydrogens is 367 g/mol. The third-order valence-corrected chi connectivity index (χ3v) is 5.67. The number of hydrogen-bond acceptors (Lipinski definition) is 6. The Balaban J connectivity index is 1.35. The molecule has 3 heterocycles. The Morgan fingerprint density at radius 1 is 1.19 bits per heavy atom. The van der Waals surface area contributed by atoms with E-state index in [0.29, 0.717) is 18.5 Å². The molecule has 2 fully saturated rings. The van der Waals surface area contributed by atoms with Gasteiger partial charge in [-0.25, -0.2) is 9.97 Å². The Bertz CT molecular complexity index is 837. The molecule has 0 aromatic carbocycles. The molecule has 26 heavy (non-hydrogen) atoms. The van der Waals surface area contributed by atoms with E-state index >= 15 is 0 Å². The molecule has 0 N–H and O–H groups in total. The summed E-state index contributed by atoms with van der Waals surface area (Å²) < 4.78 is 43.5. The first-order chi connectivity index (χ1) is 12.4. The fourth-order valence-electron chi connectivity index (χ4n) is 3.17. The van der Waals surface area contributed by atoms with Gasteiger partial charge in [0.05, 0.1) is 6.33 Å². The third kappa shape index (κ3) is 3.74. The van der Waals surface area contributed by atoms with Crippen LogP contribution in [0.25, 0.3) is 0 Å². The minimum atomic E-state index is -4.59. The van der Waals surface area contributed by atoms with E-state index in [4.69, 9.17) is 0 Å². The summed E-state index contributed by atoms with van der Waals surface area (Å²) in [6.07, 6.45) is 0.467. The van der Waals surface area contributed by atoms with Crippen LogP contribution in [0.15, 0.2) is 17.2 Å². The fraction of sp³-hybridized carbons (Fsp3) is 0.625. The van der Waals surface area contributed by atoms with Crippen molar-refractivity contribution in [2.75, 3.05) is 18.0 Å². The molecule has 1 aliphatic heterocycles. The second kappa shape index (κ2) is 6.64. The minimum Gasteiger partial charge on any atom is -0.347 e. The number of hydrogen-bond donors (Lipinski definition) is 0. The quantitative estimate of drug-likeness (QED) is 0.810. The molecule has 140 valence electrons. The molecule has 4 rings (SSSR count). The van der Waals surface area contributed by atoms with E-state index < -0.39 is 17.4 Å². The highest BCUT2D eigenvalue weighted by Gasteiger charge is 2.33. The summed E-state index contributed by atoms with van der Waals surface area (Å²) in [5.74, 6) is 1.73. The van der Waals surface area contributed by atoms with Crippen LogP contribution < -0.4 is 10.5 Å². The average Bonchev–Trinajstić information content (AvgIpc) is 3.34. The van der Waals surface area contributed by atoms with Crippen molar-refractivity contribution in [2.45, 2.75) is 44.3 Å². The van der Waals surface area contributed by atoms with E-state index in [1.807, 2.05) is 0 Å². The van der Waals surface area contributed by atoms with Crippen molar-refractivity contribution in [3.8, 4) is 0 Å². The molecule has 1 saturated heterocycles. The van der Waals surface area contributed by atoms with Crippen LogP contribution in [0.4, 0.5) is 18.3 Å². The van der Waals surface area contributed by atoms with Gasteiger partial charge in [0, 0.05) is 43.2 Å². The van der Waals surface area contributed by atoms with Crippen LogP contribution in [0.1, 0.15) is 43.1 Å². The Morgan fingerprint density at radius 3 is 2.54 bits per heavy atom. The molecule has 2 aromatic heterocycles. The first-order valence-electron chi connectivity index (χ1n) is 8.62. The van der Waals surface area contributed by atoms with Gasteiger partial charge < -0.3 is 4.90 Å². The summed E-state index contributed by atoms with van der Waals surface area (Å²) in [7, 11) is 0. The van der Waals surface area contributed by atoms with Crippen molar-refractivity contribution in [1.29, 1.82) is 0 Å². The summed E-state index contributed by atoms with van der Waals surface area (Å²) in [5, 5.41) is 0.943. The standard InChI is InChI=1S/C16H18F3N5OS/c17-16(18,19)12-7-13(25)24(9-20-12)8-10-3-5-23(6-4-10)15-21-14(22-26-15)11-1-2-11/h7,9-11H,1-6,8H2. The van der Waals surface area contributed by atoms with Gasteiger partial charge in [0.25, 0.3) is 5.56 Å². The van der Waals surface area contributed by atoms with Crippen molar-refractivity contribution in [3.63, 3.8) is 0 Å². The highest BCUT2D eigenvalue weighted by molar-refractivity contribution is 7.09. The van der Waals surface area contributed by atoms with E-state index in [1.54, 1.807) is 0 Å². The molecule has 10 heteroatoms. The van der Waals surface area contributed by atoms with Gasteiger partial charge in [-0.3, -0.25) is 9.36 Å². The van der Waals surface area contributed by atoms with Crippen LogP contribution in [0.2, 0.25) is 0 Å². The van der Waals surface area contributed by atoms with Crippen LogP contribution in [0.3, 0.4) is 0 Å². The largest absolute Gasteiger partial charge is 0.433 e. The molecule has 0 spiro atoms. The van der Waals surface area contributed by atoms with Crippen molar-refractivity contribution in [1.82, 2.24) is 18.9 Å². The molecular formula is C16H18F3N5OS. The molecule has 2 aliphatic rings. The summed E-state index contributed by atoms with van der Waals surface area (Å²) in [6, 6.07) is 0.565. The highest BCUT2D eigenvalue weighted by atomic mass is 32.1. The highest BCUT2D eigenvalue weighted by Crippen LogP contribution is 2.40. The zero-order valence-electron chi connectivity index (χ0n) is 13.9. The summed E-state index contributed by atoms with van der Waals surface area (Å²) in [4.78, 5) is 22.1.